The molecule has 0 aromatic heterocycles. The van der Waals surface area contributed by atoms with E-state index in [9.17, 15) is 37.6 Å². The molecule has 2 saturated heterocycles. The third-order valence-electron chi connectivity index (χ3n) is 7.56. The molecule has 0 spiro atoms. The molecule has 0 unspecified atom stereocenters. The maximum atomic E-state index is 13.9. The Morgan fingerprint density at radius 3 is 2.45 bits per heavy atom. The summed E-state index contributed by atoms with van der Waals surface area (Å²) in [6, 6.07) is 8.83. The van der Waals surface area contributed by atoms with Crippen LogP contribution in [0, 0.1) is 28.6 Å². The molecule has 3 rings (SSSR count). The number of nitrogens with zero attached hydrogens (tertiary/aromatic N) is 4. The Morgan fingerprint density at radius 2 is 1.90 bits per heavy atom. The number of alkyl halides is 3. The molecular formula is C28H34F3N5O4. The maximum absolute atomic E-state index is 13.9. The van der Waals surface area contributed by atoms with Crippen LogP contribution in [0.15, 0.2) is 43.0 Å². The van der Waals surface area contributed by atoms with E-state index in [1.54, 1.807) is 30.3 Å². The summed E-state index contributed by atoms with van der Waals surface area (Å²) in [5.74, 6) is -4.45. The van der Waals surface area contributed by atoms with Gasteiger partial charge in [-0.2, -0.15) is 18.4 Å². The van der Waals surface area contributed by atoms with E-state index >= 15 is 0 Å². The number of hydrogen-bond acceptors (Lipinski definition) is 5. The Morgan fingerprint density at radius 1 is 1.25 bits per heavy atom. The molecule has 4 atom stereocenters. The molecule has 0 bridgehead atoms. The summed E-state index contributed by atoms with van der Waals surface area (Å²) in [4.78, 5) is 55.3. The molecule has 1 N–H and O–H groups in total. The minimum Gasteiger partial charge on any atom is -0.334 e. The number of carbonyl (C=O) groups excluding carboxylic acids is 4. The van der Waals surface area contributed by atoms with E-state index in [1.165, 1.54) is 22.9 Å². The van der Waals surface area contributed by atoms with E-state index in [1.807, 2.05) is 13.8 Å². The number of likely N-dealkylation sites (tertiary alicyclic amines) is 2. The van der Waals surface area contributed by atoms with E-state index in [2.05, 4.69) is 18.0 Å². The third-order valence-corrected chi connectivity index (χ3v) is 7.56. The lowest BCUT2D eigenvalue weighted by Crippen LogP contribution is -2.53. The van der Waals surface area contributed by atoms with Crippen molar-refractivity contribution in [2.75, 3.05) is 32.0 Å². The zero-order valence-electron chi connectivity index (χ0n) is 22.8. The van der Waals surface area contributed by atoms with Crippen molar-refractivity contribution in [3.05, 3.63) is 43.0 Å². The number of para-hydroxylation sites is 1. The second-order valence-electron chi connectivity index (χ2n) is 10.8. The van der Waals surface area contributed by atoms with Crippen LogP contribution in [0.4, 0.5) is 18.9 Å². The van der Waals surface area contributed by atoms with Crippen LogP contribution in [0.25, 0.3) is 0 Å². The van der Waals surface area contributed by atoms with Gasteiger partial charge in [-0.3, -0.25) is 19.2 Å². The van der Waals surface area contributed by atoms with E-state index in [-0.39, 0.29) is 38.3 Å². The van der Waals surface area contributed by atoms with E-state index in [0.29, 0.717) is 10.6 Å². The standard InChI is InChI=1S/C28H34F3N5O4/c1-5-27(25(39)33-20-9-7-6-8-10-20)14-21(15-32)36(17-27)24(38)22(13-18(2)3)34(4)23(37)19-11-12-35(16-19)26(40)28(29,30)31/h5-10,18-19,21-22H,1,11-14,16-17H2,2-4H3,(H,33,39)/t19-,21-,22-,27-/m0/s1. The van der Waals surface area contributed by atoms with Crippen LogP contribution >= 0.6 is 0 Å². The molecule has 1 aromatic rings. The normalized spacial score (nSPS) is 23.4. The van der Waals surface area contributed by atoms with Crippen LogP contribution in [0.3, 0.4) is 0 Å². The fourth-order valence-corrected chi connectivity index (χ4v) is 5.29. The lowest BCUT2D eigenvalue weighted by atomic mass is 9.84. The lowest BCUT2D eigenvalue weighted by molar-refractivity contribution is -0.184. The Kier molecular flexibility index (Phi) is 9.28. The monoisotopic (exact) mass is 561 g/mol. The molecule has 2 aliphatic rings. The van der Waals surface area contributed by atoms with Gasteiger partial charge >= 0.3 is 12.1 Å². The van der Waals surface area contributed by atoms with Gasteiger partial charge in [0.05, 0.1) is 17.4 Å². The van der Waals surface area contributed by atoms with Crippen molar-refractivity contribution >= 4 is 29.3 Å². The van der Waals surface area contributed by atoms with Crippen molar-refractivity contribution < 1.29 is 32.3 Å². The van der Waals surface area contributed by atoms with E-state index in [0.717, 1.165) is 0 Å². The van der Waals surface area contributed by atoms with Gasteiger partial charge in [-0.1, -0.05) is 38.1 Å². The molecule has 2 aliphatic heterocycles. The van der Waals surface area contributed by atoms with Crippen molar-refractivity contribution in [1.82, 2.24) is 14.7 Å². The minimum atomic E-state index is -5.04. The van der Waals surface area contributed by atoms with Crippen LogP contribution in [0.5, 0.6) is 0 Å². The summed E-state index contributed by atoms with van der Waals surface area (Å²) < 4.78 is 38.6. The van der Waals surface area contributed by atoms with Crippen molar-refractivity contribution in [3.8, 4) is 6.07 Å². The highest BCUT2D eigenvalue weighted by molar-refractivity contribution is 5.98. The number of benzene rings is 1. The molecule has 0 saturated carbocycles. The Bertz CT molecular complexity index is 1180. The van der Waals surface area contributed by atoms with Gasteiger partial charge in [0, 0.05) is 38.8 Å². The van der Waals surface area contributed by atoms with E-state index in [4.69, 9.17) is 0 Å². The summed E-state index contributed by atoms with van der Waals surface area (Å²) in [5, 5.41) is 12.7. The predicted octanol–water partition coefficient (Wildman–Crippen LogP) is 3.21. The summed E-state index contributed by atoms with van der Waals surface area (Å²) in [7, 11) is 1.40. The van der Waals surface area contributed by atoms with Crippen molar-refractivity contribution in [2.45, 2.75) is 51.4 Å². The molecule has 40 heavy (non-hydrogen) atoms. The average Bonchev–Trinajstić information content (AvgIpc) is 3.56. The molecule has 1 aromatic carbocycles. The van der Waals surface area contributed by atoms with Crippen LogP contribution < -0.4 is 5.32 Å². The van der Waals surface area contributed by atoms with Gasteiger partial charge in [-0.25, -0.2) is 0 Å². The molecule has 4 amide bonds. The smallest absolute Gasteiger partial charge is 0.334 e. The largest absolute Gasteiger partial charge is 0.471 e. The number of nitrogens with one attached hydrogen (secondary N) is 1. The van der Waals surface area contributed by atoms with Gasteiger partial charge < -0.3 is 20.0 Å². The first-order valence-electron chi connectivity index (χ1n) is 13.1. The number of amides is 4. The molecule has 0 radical (unpaired) electrons. The van der Waals surface area contributed by atoms with Crippen LogP contribution in [-0.4, -0.2) is 83.3 Å². The van der Waals surface area contributed by atoms with Gasteiger partial charge in [0.1, 0.15) is 12.1 Å². The lowest BCUT2D eigenvalue weighted by Gasteiger charge is -2.34. The molecule has 9 nitrogen and oxygen atoms in total. The SMILES string of the molecule is C=C[C@]1(C(=O)Nc2ccccc2)C[C@@H](C#N)N(C(=O)[C@H](CC(C)C)N(C)C(=O)[C@H]2CCN(C(=O)C(F)(F)F)C2)C1. The fraction of sp³-hybridized carbons (Fsp3) is 0.536. The van der Waals surface area contributed by atoms with Gasteiger partial charge in [0.2, 0.25) is 17.7 Å². The number of rotatable bonds is 8. The zero-order chi connectivity index (χ0) is 29.8. The molecule has 2 fully saturated rings. The topological polar surface area (TPSA) is 114 Å². The number of halogens is 3. The van der Waals surface area contributed by atoms with Crippen molar-refractivity contribution in [3.63, 3.8) is 0 Å². The Hall–Kier alpha value is -3.88. The molecule has 216 valence electrons. The average molecular weight is 562 g/mol. The highest BCUT2D eigenvalue weighted by atomic mass is 19.4. The maximum Gasteiger partial charge on any atom is 0.471 e. The summed E-state index contributed by atoms with van der Waals surface area (Å²) in [6.45, 7) is 6.77. The van der Waals surface area contributed by atoms with Gasteiger partial charge in [0.25, 0.3) is 0 Å². The molecule has 0 aliphatic carbocycles. The Labute approximate surface area is 231 Å². The van der Waals surface area contributed by atoms with E-state index < -0.39 is 59.8 Å². The van der Waals surface area contributed by atoms with Gasteiger partial charge in [0.15, 0.2) is 0 Å². The van der Waals surface area contributed by atoms with Crippen LogP contribution in [-0.2, 0) is 19.2 Å². The van der Waals surface area contributed by atoms with Gasteiger partial charge in [-0.05, 0) is 30.9 Å². The number of carbonyl (C=O) groups is 4. The van der Waals surface area contributed by atoms with Crippen molar-refractivity contribution in [1.29, 1.82) is 5.26 Å². The number of nitriles is 1. The first-order chi connectivity index (χ1) is 18.7. The van der Waals surface area contributed by atoms with Crippen molar-refractivity contribution in [2.24, 2.45) is 17.3 Å². The highest BCUT2D eigenvalue weighted by Gasteiger charge is 2.51. The number of likely N-dealkylation sites (N-methyl/N-ethyl adjacent to an activating group) is 1. The van der Waals surface area contributed by atoms with Crippen LogP contribution in [0.1, 0.15) is 33.1 Å². The van der Waals surface area contributed by atoms with Gasteiger partial charge in [-0.15, -0.1) is 6.58 Å². The second-order valence-corrected chi connectivity index (χ2v) is 10.8. The Balaban J connectivity index is 1.81. The zero-order valence-corrected chi connectivity index (χ0v) is 22.8. The highest BCUT2D eigenvalue weighted by Crippen LogP contribution is 2.38. The minimum absolute atomic E-state index is 0.0145. The number of anilines is 1. The molecule has 2 heterocycles. The number of hydrogen-bond donors (Lipinski definition) is 1. The summed E-state index contributed by atoms with van der Waals surface area (Å²) >= 11 is 0. The van der Waals surface area contributed by atoms with Crippen LogP contribution in [0.2, 0.25) is 0 Å². The quantitative estimate of drug-likeness (QED) is 0.490. The summed E-state index contributed by atoms with van der Waals surface area (Å²) in [6.07, 6.45) is -3.32. The molecule has 12 heteroatoms. The first kappa shape index (κ1) is 30.7. The first-order valence-corrected chi connectivity index (χ1v) is 13.1. The fourth-order valence-electron chi connectivity index (χ4n) is 5.29. The second kappa shape index (κ2) is 12.1. The third kappa shape index (κ3) is 6.46. The summed E-state index contributed by atoms with van der Waals surface area (Å²) in [5.41, 5.74) is -0.703. The predicted molar refractivity (Wildman–Crippen MR) is 140 cm³/mol. The molecular weight excluding hydrogens is 527 g/mol.